The lowest BCUT2D eigenvalue weighted by atomic mass is 9.91. The van der Waals surface area contributed by atoms with Crippen LogP contribution in [0.2, 0.25) is 0 Å². The number of nitrogens with zero attached hydrogens (tertiary/aromatic N) is 1. The van der Waals surface area contributed by atoms with Crippen molar-refractivity contribution in [1.82, 2.24) is 15.5 Å². The highest BCUT2D eigenvalue weighted by Crippen LogP contribution is 2.30. The van der Waals surface area contributed by atoms with Crippen molar-refractivity contribution < 1.29 is 14.1 Å². The zero-order valence-corrected chi connectivity index (χ0v) is 19.7. The minimum Gasteiger partial charge on any atom is -0.489 e. The average Bonchev–Trinajstić information content (AvgIpc) is 3.46. The lowest BCUT2D eigenvalue weighted by Gasteiger charge is -2.18. The van der Waals surface area contributed by atoms with Gasteiger partial charge < -0.3 is 19.6 Å². The Bertz CT molecular complexity index is 1430. The van der Waals surface area contributed by atoms with Crippen molar-refractivity contribution in [2.45, 2.75) is 26.4 Å². The molecule has 0 aliphatic rings. The second kappa shape index (κ2) is 9.89. The second-order valence-corrected chi connectivity index (χ2v) is 8.58. The SMILES string of the molecule is Cc1noc(C)c1COc1cccc(C(=O)NCC(c2ccccc2)c2c[nH]c3ccccc23)c1. The molecule has 5 rings (SSSR count). The molecule has 0 saturated carbocycles. The van der Waals surface area contributed by atoms with Gasteiger partial charge in [0.1, 0.15) is 18.1 Å². The van der Waals surface area contributed by atoms with Gasteiger partial charge in [0.2, 0.25) is 0 Å². The van der Waals surface area contributed by atoms with Gasteiger partial charge >= 0.3 is 0 Å². The first kappa shape index (κ1) is 22.5. The van der Waals surface area contributed by atoms with Crippen LogP contribution in [-0.2, 0) is 6.61 Å². The molecule has 1 atom stereocenters. The predicted molar refractivity (Wildman–Crippen MR) is 136 cm³/mol. The van der Waals surface area contributed by atoms with Crippen LogP contribution in [0.4, 0.5) is 0 Å². The third kappa shape index (κ3) is 4.82. The summed E-state index contributed by atoms with van der Waals surface area (Å²) in [7, 11) is 0. The molecule has 35 heavy (non-hydrogen) atoms. The smallest absolute Gasteiger partial charge is 0.251 e. The monoisotopic (exact) mass is 465 g/mol. The maximum atomic E-state index is 13.1. The van der Waals surface area contributed by atoms with Crippen molar-refractivity contribution in [2.24, 2.45) is 0 Å². The van der Waals surface area contributed by atoms with Gasteiger partial charge in [-0.1, -0.05) is 59.8 Å². The third-order valence-corrected chi connectivity index (χ3v) is 6.33. The summed E-state index contributed by atoms with van der Waals surface area (Å²) < 4.78 is 11.1. The van der Waals surface area contributed by atoms with E-state index >= 15 is 0 Å². The van der Waals surface area contributed by atoms with Gasteiger partial charge in [-0.25, -0.2) is 0 Å². The van der Waals surface area contributed by atoms with E-state index in [9.17, 15) is 4.79 Å². The number of aromatic nitrogens is 2. The third-order valence-electron chi connectivity index (χ3n) is 6.33. The molecular weight excluding hydrogens is 438 g/mol. The predicted octanol–water partition coefficient (Wildman–Crippen LogP) is 5.91. The molecule has 1 unspecified atom stereocenters. The number of nitrogens with one attached hydrogen (secondary N) is 2. The van der Waals surface area contributed by atoms with Gasteiger partial charge in [-0.3, -0.25) is 4.79 Å². The second-order valence-electron chi connectivity index (χ2n) is 8.58. The topological polar surface area (TPSA) is 80.2 Å². The van der Waals surface area contributed by atoms with E-state index in [0.717, 1.165) is 39.0 Å². The summed E-state index contributed by atoms with van der Waals surface area (Å²) in [6.07, 6.45) is 2.04. The number of carbonyl (C=O) groups is 1. The van der Waals surface area contributed by atoms with Crippen molar-refractivity contribution in [3.63, 3.8) is 0 Å². The zero-order chi connectivity index (χ0) is 24.2. The molecule has 0 radical (unpaired) electrons. The van der Waals surface area contributed by atoms with Crippen molar-refractivity contribution in [3.05, 3.63) is 119 Å². The molecule has 0 spiro atoms. The number of aryl methyl sites for hydroxylation is 2. The number of amides is 1. The average molecular weight is 466 g/mol. The molecule has 0 fully saturated rings. The van der Waals surface area contributed by atoms with Crippen molar-refractivity contribution in [2.75, 3.05) is 6.54 Å². The van der Waals surface area contributed by atoms with E-state index in [1.54, 1.807) is 12.1 Å². The number of hydrogen-bond acceptors (Lipinski definition) is 4. The minimum absolute atomic E-state index is 0.00951. The number of carbonyl (C=O) groups excluding carboxylic acids is 1. The summed E-state index contributed by atoms with van der Waals surface area (Å²) in [5.74, 6) is 1.22. The highest BCUT2D eigenvalue weighted by Gasteiger charge is 2.19. The summed E-state index contributed by atoms with van der Waals surface area (Å²) in [6, 6.07) is 25.7. The molecule has 2 N–H and O–H groups in total. The molecule has 6 nitrogen and oxygen atoms in total. The van der Waals surface area contributed by atoms with Gasteiger partial charge in [-0.15, -0.1) is 0 Å². The highest BCUT2D eigenvalue weighted by atomic mass is 16.5. The Labute approximate surface area is 203 Å². The Morgan fingerprint density at radius 3 is 2.63 bits per heavy atom. The van der Waals surface area contributed by atoms with Crippen molar-refractivity contribution in [1.29, 1.82) is 0 Å². The molecule has 3 aromatic carbocycles. The molecule has 6 heteroatoms. The van der Waals surface area contributed by atoms with E-state index in [4.69, 9.17) is 9.26 Å². The highest BCUT2D eigenvalue weighted by molar-refractivity contribution is 5.94. The molecule has 2 heterocycles. The van der Waals surface area contributed by atoms with Gasteiger partial charge in [0.15, 0.2) is 0 Å². The standard InChI is InChI=1S/C29H27N3O3/c1-19-27(20(2)35-32-19)18-34-23-12-8-11-22(15-23)29(33)31-16-25(21-9-4-3-5-10-21)26-17-30-28-14-7-6-13-24(26)28/h3-15,17,25,30H,16,18H2,1-2H3,(H,31,33). The number of para-hydroxylation sites is 1. The number of ether oxygens (including phenoxy) is 1. The molecule has 0 saturated heterocycles. The van der Waals surface area contributed by atoms with Crippen LogP contribution < -0.4 is 10.1 Å². The first-order valence-electron chi connectivity index (χ1n) is 11.6. The van der Waals surface area contributed by atoms with Crippen LogP contribution in [0.3, 0.4) is 0 Å². The summed E-state index contributed by atoms with van der Waals surface area (Å²) in [5.41, 5.74) is 5.66. The van der Waals surface area contributed by atoms with Gasteiger partial charge in [0.25, 0.3) is 5.91 Å². The van der Waals surface area contributed by atoms with Crippen LogP contribution in [0, 0.1) is 13.8 Å². The quantitative estimate of drug-likeness (QED) is 0.298. The number of rotatable bonds is 8. The molecule has 0 aliphatic carbocycles. The fourth-order valence-electron chi connectivity index (χ4n) is 4.36. The van der Waals surface area contributed by atoms with Crippen molar-refractivity contribution in [3.8, 4) is 5.75 Å². The molecule has 0 bridgehead atoms. The van der Waals surface area contributed by atoms with Crippen LogP contribution in [0.15, 0.2) is 89.6 Å². The minimum atomic E-state index is -0.145. The lowest BCUT2D eigenvalue weighted by Crippen LogP contribution is -2.28. The van der Waals surface area contributed by atoms with Gasteiger partial charge in [0, 0.05) is 35.1 Å². The zero-order valence-electron chi connectivity index (χ0n) is 19.7. The summed E-state index contributed by atoms with van der Waals surface area (Å²) in [6.45, 7) is 4.55. The Kier molecular flexibility index (Phi) is 6.35. The van der Waals surface area contributed by atoms with Gasteiger partial charge in [-0.2, -0.15) is 0 Å². The first-order chi connectivity index (χ1) is 17.1. The first-order valence-corrected chi connectivity index (χ1v) is 11.6. The van der Waals surface area contributed by atoms with E-state index in [1.807, 2.05) is 62.5 Å². The molecule has 0 aliphatic heterocycles. The normalized spacial score (nSPS) is 11.9. The van der Waals surface area contributed by atoms with Crippen LogP contribution in [-0.4, -0.2) is 22.6 Å². The van der Waals surface area contributed by atoms with Crippen LogP contribution in [0.1, 0.15) is 44.4 Å². The van der Waals surface area contributed by atoms with E-state index in [-0.39, 0.29) is 11.8 Å². The van der Waals surface area contributed by atoms with Crippen LogP contribution >= 0.6 is 0 Å². The Morgan fingerprint density at radius 1 is 1.03 bits per heavy atom. The van der Waals surface area contributed by atoms with Crippen LogP contribution in [0.25, 0.3) is 10.9 Å². The molecule has 1 amide bonds. The maximum Gasteiger partial charge on any atom is 0.251 e. The Morgan fingerprint density at radius 2 is 1.83 bits per heavy atom. The maximum absolute atomic E-state index is 13.1. The van der Waals surface area contributed by atoms with E-state index in [0.29, 0.717) is 24.5 Å². The van der Waals surface area contributed by atoms with E-state index < -0.39 is 0 Å². The van der Waals surface area contributed by atoms with E-state index in [1.165, 1.54) is 0 Å². The number of hydrogen-bond donors (Lipinski definition) is 2. The fraction of sp³-hybridized carbons (Fsp3) is 0.172. The summed E-state index contributed by atoms with van der Waals surface area (Å²) in [5, 5.41) is 8.25. The van der Waals surface area contributed by atoms with Gasteiger partial charge in [0.05, 0.1) is 11.3 Å². The molecule has 5 aromatic rings. The molecule has 2 aromatic heterocycles. The number of aromatic amines is 1. The number of H-pyrrole nitrogens is 1. The molecular formula is C29H27N3O3. The summed E-state index contributed by atoms with van der Waals surface area (Å²) >= 11 is 0. The lowest BCUT2D eigenvalue weighted by molar-refractivity contribution is 0.0952. The Hall–Kier alpha value is -4.32. The van der Waals surface area contributed by atoms with Crippen molar-refractivity contribution >= 4 is 16.8 Å². The Balaban J connectivity index is 1.32. The summed E-state index contributed by atoms with van der Waals surface area (Å²) in [4.78, 5) is 16.5. The number of benzene rings is 3. The largest absolute Gasteiger partial charge is 0.489 e. The van der Waals surface area contributed by atoms with Gasteiger partial charge in [-0.05, 0) is 49.2 Å². The number of fused-ring (bicyclic) bond motifs is 1. The molecule has 176 valence electrons. The van der Waals surface area contributed by atoms with E-state index in [2.05, 4.69) is 39.7 Å². The fourth-order valence-corrected chi connectivity index (χ4v) is 4.36. The van der Waals surface area contributed by atoms with Crippen LogP contribution in [0.5, 0.6) is 5.75 Å².